The molecule has 0 aliphatic carbocycles. The average Bonchev–Trinajstić information content (AvgIpc) is 2.93. The topological polar surface area (TPSA) is 108 Å². The third-order valence-corrected chi connectivity index (χ3v) is 7.14. The van der Waals surface area contributed by atoms with Crippen LogP contribution in [0, 0.1) is 11.7 Å². The Morgan fingerprint density at radius 3 is 2.53 bits per heavy atom. The Hall–Kier alpha value is -3.92. The fourth-order valence-electron chi connectivity index (χ4n) is 4.67. The predicted molar refractivity (Wildman–Crippen MR) is 143 cm³/mol. The van der Waals surface area contributed by atoms with E-state index in [1.165, 1.54) is 12.1 Å². The smallest absolute Gasteiger partial charge is 0.326 e. The maximum atomic E-state index is 14.3. The molecule has 1 unspecified atom stereocenters. The number of aliphatic carboxylic acids is 1. The molecule has 11 heteroatoms. The zero-order chi connectivity index (χ0) is 26.8. The van der Waals surface area contributed by atoms with Crippen molar-refractivity contribution in [2.75, 3.05) is 34.8 Å². The number of nitrogens with one attached hydrogen (secondary N) is 1. The van der Waals surface area contributed by atoms with Gasteiger partial charge in [-0.15, -0.1) is 0 Å². The number of fused-ring (bicyclic) bond motifs is 1. The molecule has 3 aromatic rings. The number of rotatable bonds is 5. The number of benzene rings is 2. The minimum absolute atomic E-state index is 0.0431. The zero-order valence-electron chi connectivity index (χ0n) is 20.7. The highest BCUT2D eigenvalue weighted by Crippen LogP contribution is 2.38. The number of urea groups is 1. The fraction of sp³-hybridized carbons (Fsp3) is 0.333. The van der Waals surface area contributed by atoms with Crippen LogP contribution in [0.3, 0.4) is 0 Å². The minimum atomic E-state index is -0.756. The van der Waals surface area contributed by atoms with Crippen molar-refractivity contribution in [2.45, 2.75) is 32.3 Å². The summed E-state index contributed by atoms with van der Waals surface area (Å²) >= 11 is 5.83. The highest BCUT2D eigenvalue weighted by atomic mass is 35.5. The summed E-state index contributed by atoms with van der Waals surface area (Å²) in [6.07, 6.45) is 5.03. The number of hydrogen-bond acceptors (Lipinski definition) is 6. The summed E-state index contributed by atoms with van der Waals surface area (Å²) in [4.78, 5) is 36.9. The van der Waals surface area contributed by atoms with Gasteiger partial charge in [0, 0.05) is 36.1 Å². The average molecular weight is 540 g/mol. The number of piperidine rings is 1. The van der Waals surface area contributed by atoms with E-state index in [1.807, 2.05) is 24.0 Å². The molecule has 2 aliphatic heterocycles. The number of anilines is 3. The van der Waals surface area contributed by atoms with Gasteiger partial charge in [-0.2, -0.15) is 0 Å². The third-order valence-electron chi connectivity index (χ3n) is 6.90. The van der Waals surface area contributed by atoms with Gasteiger partial charge in [0.25, 0.3) is 0 Å². The highest BCUT2D eigenvalue weighted by molar-refractivity contribution is 6.30. The maximum Gasteiger partial charge on any atom is 0.326 e. The standard InChI is InChI=1S/C27H27ClFN5O4/c1-2-20-15-34(27(37)32-22-5-4-19(28)12-21(22)29)23-6-3-17(11-24(23)38-20)18-13-30-26(31-14-18)33-9-7-16(8-10-33)25(35)36/h3-6,11-14,16,20H,2,7-10,15H2,1H3,(H,32,37)(H,35,36). The van der Waals surface area contributed by atoms with Gasteiger partial charge in [0.05, 0.1) is 23.8 Å². The van der Waals surface area contributed by atoms with Gasteiger partial charge >= 0.3 is 12.0 Å². The van der Waals surface area contributed by atoms with Crippen LogP contribution in [0.1, 0.15) is 26.2 Å². The van der Waals surface area contributed by atoms with Crippen molar-refractivity contribution in [1.29, 1.82) is 0 Å². The van der Waals surface area contributed by atoms with Gasteiger partial charge in [0.15, 0.2) is 0 Å². The SMILES string of the molecule is CCC1CN(C(=O)Nc2ccc(Cl)cc2F)c2ccc(-c3cnc(N4CCC(C(=O)O)CC4)nc3)cc2O1. The molecule has 2 amide bonds. The van der Waals surface area contributed by atoms with Crippen LogP contribution >= 0.6 is 11.6 Å². The maximum absolute atomic E-state index is 14.3. The number of carbonyl (C=O) groups is 2. The quantitative estimate of drug-likeness (QED) is 0.444. The second-order valence-electron chi connectivity index (χ2n) is 9.37. The number of carbonyl (C=O) groups excluding carboxylic acids is 1. The summed E-state index contributed by atoms with van der Waals surface area (Å²) in [5.74, 6) is -0.590. The Balaban J connectivity index is 1.34. The van der Waals surface area contributed by atoms with E-state index < -0.39 is 17.8 Å². The van der Waals surface area contributed by atoms with Crippen LogP contribution in [-0.4, -0.2) is 52.8 Å². The van der Waals surface area contributed by atoms with Crippen molar-refractivity contribution in [1.82, 2.24) is 9.97 Å². The van der Waals surface area contributed by atoms with Crippen LogP contribution in [-0.2, 0) is 4.79 Å². The lowest BCUT2D eigenvalue weighted by molar-refractivity contribution is -0.142. The molecule has 2 aliphatic rings. The lowest BCUT2D eigenvalue weighted by Gasteiger charge is -2.35. The van der Waals surface area contributed by atoms with Gasteiger partial charge < -0.3 is 20.1 Å². The molecular formula is C27H27ClFN5O4. The summed E-state index contributed by atoms with van der Waals surface area (Å²) in [6.45, 7) is 3.49. The van der Waals surface area contributed by atoms with Gasteiger partial charge in [-0.25, -0.2) is 19.2 Å². The van der Waals surface area contributed by atoms with Crippen LogP contribution in [0.4, 0.5) is 26.5 Å². The van der Waals surface area contributed by atoms with Crippen LogP contribution in [0.15, 0.2) is 48.8 Å². The Bertz CT molecular complexity index is 1350. The van der Waals surface area contributed by atoms with E-state index in [9.17, 15) is 19.1 Å². The van der Waals surface area contributed by atoms with E-state index in [0.29, 0.717) is 56.3 Å². The first-order valence-corrected chi connectivity index (χ1v) is 12.8. The van der Waals surface area contributed by atoms with E-state index in [4.69, 9.17) is 16.3 Å². The van der Waals surface area contributed by atoms with E-state index in [0.717, 1.165) is 17.2 Å². The molecule has 3 heterocycles. The van der Waals surface area contributed by atoms with Gasteiger partial charge in [-0.3, -0.25) is 9.69 Å². The largest absolute Gasteiger partial charge is 0.486 e. The second kappa shape index (κ2) is 10.8. The van der Waals surface area contributed by atoms with Crippen LogP contribution in [0.2, 0.25) is 5.02 Å². The summed E-state index contributed by atoms with van der Waals surface area (Å²) in [7, 11) is 0. The first-order valence-electron chi connectivity index (χ1n) is 12.5. The summed E-state index contributed by atoms with van der Waals surface area (Å²) < 4.78 is 20.4. The summed E-state index contributed by atoms with van der Waals surface area (Å²) in [5, 5.41) is 12.1. The zero-order valence-corrected chi connectivity index (χ0v) is 21.5. The van der Waals surface area contributed by atoms with E-state index in [1.54, 1.807) is 23.4 Å². The molecule has 1 saturated heterocycles. The second-order valence-corrected chi connectivity index (χ2v) is 9.80. The molecule has 0 bridgehead atoms. The number of nitrogens with zero attached hydrogens (tertiary/aromatic N) is 4. The lowest BCUT2D eigenvalue weighted by atomic mass is 9.97. The highest BCUT2D eigenvalue weighted by Gasteiger charge is 2.30. The van der Waals surface area contributed by atoms with Crippen molar-refractivity contribution >= 4 is 40.9 Å². The van der Waals surface area contributed by atoms with Gasteiger partial charge in [-0.1, -0.05) is 24.6 Å². The molecule has 2 aromatic carbocycles. The third kappa shape index (κ3) is 5.35. The molecule has 2 N–H and O–H groups in total. The molecule has 1 atom stereocenters. The lowest BCUT2D eigenvalue weighted by Crippen LogP contribution is -2.45. The minimum Gasteiger partial charge on any atom is -0.486 e. The summed E-state index contributed by atoms with van der Waals surface area (Å²) in [5.41, 5.74) is 2.21. The van der Waals surface area contributed by atoms with Crippen molar-refractivity contribution in [3.8, 4) is 16.9 Å². The van der Waals surface area contributed by atoms with Gasteiger partial charge in [-0.05, 0) is 55.2 Å². The number of carboxylic acid groups (broad SMARTS) is 1. The van der Waals surface area contributed by atoms with Gasteiger partial charge in [0.2, 0.25) is 5.95 Å². The van der Waals surface area contributed by atoms with Crippen molar-refractivity contribution in [2.24, 2.45) is 5.92 Å². The van der Waals surface area contributed by atoms with Gasteiger partial charge in [0.1, 0.15) is 17.7 Å². The number of amides is 2. The molecule has 0 radical (unpaired) electrons. The molecule has 9 nitrogen and oxygen atoms in total. The molecule has 38 heavy (non-hydrogen) atoms. The van der Waals surface area contributed by atoms with Crippen LogP contribution in [0.25, 0.3) is 11.1 Å². The van der Waals surface area contributed by atoms with E-state index in [2.05, 4.69) is 15.3 Å². The number of aromatic nitrogens is 2. The molecule has 5 rings (SSSR count). The van der Waals surface area contributed by atoms with E-state index in [-0.39, 0.29) is 22.7 Å². The summed E-state index contributed by atoms with van der Waals surface area (Å²) in [6, 6.07) is 9.11. The van der Waals surface area contributed by atoms with Crippen molar-refractivity contribution in [3.63, 3.8) is 0 Å². The molecule has 0 spiro atoms. The molecule has 1 aromatic heterocycles. The first-order chi connectivity index (χ1) is 18.3. The Morgan fingerprint density at radius 1 is 1.13 bits per heavy atom. The van der Waals surface area contributed by atoms with Crippen molar-refractivity contribution < 1.29 is 23.8 Å². The molecule has 198 valence electrons. The fourth-order valence-corrected chi connectivity index (χ4v) is 4.83. The number of hydrogen-bond donors (Lipinski definition) is 2. The molecule has 0 saturated carbocycles. The predicted octanol–water partition coefficient (Wildman–Crippen LogP) is 5.45. The molecule has 1 fully saturated rings. The number of ether oxygens (including phenoxy) is 1. The number of carboxylic acids is 1. The Labute approximate surface area is 224 Å². The van der Waals surface area contributed by atoms with Crippen molar-refractivity contribution in [3.05, 3.63) is 59.6 Å². The normalized spacial score (nSPS) is 17.5. The van der Waals surface area contributed by atoms with E-state index >= 15 is 0 Å². The molecular weight excluding hydrogens is 513 g/mol. The number of halogens is 2. The Kier molecular flexibility index (Phi) is 7.33. The Morgan fingerprint density at radius 2 is 1.87 bits per heavy atom. The monoisotopic (exact) mass is 539 g/mol. The van der Waals surface area contributed by atoms with Crippen LogP contribution < -0.4 is 19.9 Å². The first kappa shape index (κ1) is 25.7. The van der Waals surface area contributed by atoms with Crippen LogP contribution in [0.5, 0.6) is 5.75 Å².